The molecule has 2 rings (SSSR count). The van der Waals surface area contributed by atoms with E-state index in [-0.39, 0.29) is 5.97 Å². The van der Waals surface area contributed by atoms with Crippen LogP contribution < -0.4 is 5.32 Å². The van der Waals surface area contributed by atoms with Gasteiger partial charge in [-0.05, 0) is 32.5 Å². The molecule has 4 heteroatoms. The zero-order valence-electron chi connectivity index (χ0n) is 11.8. The van der Waals surface area contributed by atoms with E-state index in [9.17, 15) is 4.79 Å². The van der Waals surface area contributed by atoms with Gasteiger partial charge in [-0.3, -0.25) is 0 Å². The Labute approximate surface area is 114 Å². The average Bonchev–Trinajstić information content (AvgIpc) is 3.29. The van der Waals surface area contributed by atoms with Crippen molar-refractivity contribution in [3.05, 3.63) is 35.9 Å². The van der Waals surface area contributed by atoms with Crippen molar-refractivity contribution >= 4 is 5.97 Å². The van der Waals surface area contributed by atoms with Crippen LogP contribution in [0.15, 0.2) is 30.3 Å². The van der Waals surface area contributed by atoms with Crippen molar-refractivity contribution in [1.82, 2.24) is 10.2 Å². The zero-order valence-corrected chi connectivity index (χ0v) is 11.8. The smallest absolute Gasteiger partial charge is 0.332 e. The van der Waals surface area contributed by atoms with Crippen LogP contribution in [0.3, 0.4) is 0 Å². The van der Waals surface area contributed by atoms with E-state index in [4.69, 9.17) is 4.74 Å². The molecular weight excluding hydrogens is 240 g/mol. The molecule has 104 valence electrons. The number of carbonyl (C=O) groups is 1. The predicted molar refractivity (Wildman–Crippen MR) is 74.8 cm³/mol. The highest BCUT2D eigenvalue weighted by Crippen LogP contribution is 2.30. The average molecular weight is 262 g/mol. The van der Waals surface area contributed by atoms with Gasteiger partial charge in [0.05, 0.1) is 7.11 Å². The number of nitrogens with zero attached hydrogens (tertiary/aromatic N) is 1. The first-order chi connectivity index (χ1) is 9.14. The number of carbonyl (C=O) groups excluding carboxylic acids is 1. The number of ether oxygens (including phenoxy) is 1. The summed E-state index contributed by atoms with van der Waals surface area (Å²) in [6.45, 7) is 0.616. The molecule has 0 aromatic heterocycles. The maximum absolute atomic E-state index is 12.3. The minimum atomic E-state index is -0.798. The number of hydrogen-bond donors (Lipinski definition) is 1. The topological polar surface area (TPSA) is 41.6 Å². The molecule has 0 bridgehead atoms. The third-order valence-electron chi connectivity index (χ3n) is 3.88. The monoisotopic (exact) mass is 262 g/mol. The predicted octanol–water partition coefficient (Wildman–Crippen LogP) is 1.37. The van der Waals surface area contributed by atoms with Gasteiger partial charge >= 0.3 is 5.97 Å². The van der Waals surface area contributed by atoms with Crippen LogP contribution in [-0.4, -0.2) is 44.7 Å². The number of esters is 1. The Morgan fingerprint density at radius 3 is 2.53 bits per heavy atom. The Balaban J connectivity index is 2.32. The second kappa shape index (κ2) is 5.72. The van der Waals surface area contributed by atoms with Crippen molar-refractivity contribution in [1.29, 1.82) is 0 Å². The molecule has 0 aliphatic heterocycles. The van der Waals surface area contributed by atoms with Gasteiger partial charge in [0.25, 0.3) is 0 Å². The molecular formula is C15H22N2O2. The first kappa shape index (κ1) is 14.0. The van der Waals surface area contributed by atoms with E-state index >= 15 is 0 Å². The van der Waals surface area contributed by atoms with Crippen molar-refractivity contribution in [2.45, 2.75) is 24.4 Å². The van der Waals surface area contributed by atoms with Crippen molar-refractivity contribution in [3.8, 4) is 0 Å². The highest BCUT2D eigenvalue weighted by Gasteiger charge is 2.43. The lowest BCUT2D eigenvalue weighted by atomic mass is 9.89. The van der Waals surface area contributed by atoms with Gasteiger partial charge in [-0.2, -0.15) is 0 Å². The molecule has 1 N–H and O–H groups in total. The molecule has 1 aliphatic carbocycles. The maximum Gasteiger partial charge on any atom is 0.332 e. The minimum Gasteiger partial charge on any atom is -0.467 e. The maximum atomic E-state index is 12.3. The number of rotatable bonds is 6. The zero-order chi connectivity index (χ0) is 13.9. The molecule has 19 heavy (non-hydrogen) atoms. The summed E-state index contributed by atoms with van der Waals surface area (Å²) in [6, 6.07) is 10.4. The molecule has 4 nitrogen and oxygen atoms in total. The molecule has 1 saturated carbocycles. The normalized spacial score (nSPS) is 18.1. The molecule has 0 amide bonds. The second-order valence-electron chi connectivity index (χ2n) is 5.16. The van der Waals surface area contributed by atoms with Crippen molar-refractivity contribution in [2.75, 3.05) is 27.7 Å². The van der Waals surface area contributed by atoms with Crippen LogP contribution in [0, 0.1) is 0 Å². The summed E-state index contributed by atoms with van der Waals surface area (Å²) in [6.07, 6.45) is 2.43. The van der Waals surface area contributed by atoms with E-state index in [1.165, 1.54) is 20.0 Å². The van der Waals surface area contributed by atoms with E-state index < -0.39 is 5.54 Å². The molecule has 0 heterocycles. The van der Waals surface area contributed by atoms with Crippen molar-refractivity contribution < 1.29 is 9.53 Å². The van der Waals surface area contributed by atoms with Crippen LogP contribution in [0.2, 0.25) is 0 Å². The number of benzene rings is 1. The van der Waals surface area contributed by atoms with E-state index in [2.05, 4.69) is 17.3 Å². The van der Waals surface area contributed by atoms with E-state index in [1.54, 1.807) is 0 Å². The molecule has 0 radical (unpaired) electrons. The van der Waals surface area contributed by atoms with Crippen LogP contribution in [0.4, 0.5) is 0 Å². The van der Waals surface area contributed by atoms with Crippen molar-refractivity contribution in [3.63, 3.8) is 0 Å². The van der Waals surface area contributed by atoms with Gasteiger partial charge in [0.15, 0.2) is 5.54 Å². The summed E-state index contributed by atoms with van der Waals surface area (Å²) in [5, 5.41) is 3.18. The highest BCUT2D eigenvalue weighted by molar-refractivity contribution is 5.83. The third-order valence-corrected chi connectivity index (χ3v) is 3.88. The van der Waals surface area contributed by atoms with Gasteiger partial charge in [-0.15, -0.1) is 0 Å². The van der Waals surface area contributed by atoms with Gasteiger partial charge in [-0.25, -0.2) is 4.79 Å². The van der Waals surface area contributed by atoms with E-state index in [0.29, 0.717) is 12.6 Å². The highest BCUT2D eigenvalue weighted by atomic mass is 16.5. The molecule has 0 spiro atoms. The second-order valence-corrected chi connectivity index (χ2v) is 5.16. The Kier molecular flexibility index (Phi) is 4.22. The van der Waals surface area contributed by atoms with Crippen LogP contribution in [0.1, 0.15) is 18.4 Å². The minimum absolute atomic E-state index is 0.242. The Bertz CT molecular complexity index is 431. The summed E-state index contributed by atoms with van der Waals surface area (Å²) in [7, 11) is 5.31. The standard InChI is InChI=1S/C15H22N2O2/c1-16-15(14(18)19-3,11-17(2)13-9-10-13)12-7-5-4-6-8-12/h4-8,13,16H,9-11H2,1-3H3. The summed E-state index contributed by atoms with van der Waals surface area (Å²) in [5.41, 5.74) is 0.143. The van der Waals surface area contributed by atoms with Crippen molar-refractivity contribution in [2.24, 2.45) is 0 Å². The lowest BCUT2D eigenvalue weighted by Crippen LogP contribution is -2.55. The lowest BCUT2D eigenvalue weighted by Gasteiger charge is -2.35. The number of hydrogen-bond acceptors (Lipinski definition) is 4. The Morgan fingerprint density at radius 2 is 2.05 bits per heavy atom. The molecule has 1 aliphatic rings. The Morgan fingerprint density at radius 1 is 1.42 bits per heavy atom. The fourth-order valence-corrected chi connectivity index (χ4v) is 2.51. The quantitative estimate of drug-likeness (QED) is 0.786. The first-order valence-corrected chi connectivity index (χ1v) is 6.67. The molecule has 1 aromatic rings. The first-order valence-electron chi connectivity index (χ1n) is 6.67. The molecule has 1 fully saturated rings. The molecule has 1 aromatic carbocycles. The van der Waals surface area contributed by atoms with E-state index in [0.717, 1.165) is 5.56 Å². The van der Waals surface area contributed by atoms with Gasteiger partial charge in [0.2, 0.25) is 0 Å². The van der Waals surface area contributed by atoms with Crippen LogP contribution in [-0.2, 0) is 15.1 Å². The van der Waals surface area contributed by atoms with Gasteiger partial charge < -0.3 is 15.0 Å². The van der Waals surface area contributed by atoms with Crippen LogP contribution in [0.25, 0.3) is 0 Å². The largest absolute Gasteiger partial charge is 0.467 e. The van der Waals surface area contributed by atoms with Gasteiger partial charge in [0.1, 0.15) is 0 Å². The molecule has 1 atom stereocenters. The summed E-state index contributed by atoms with van der Waals surface area (Å²) in [4.78, 5) is 14.6. The van der Waals surface area contributed by atoms with Crippen LogP contribution >= 0.6 is 0 Å². The van der Waals surface area contributed by atoms with Crippen LogP contribution in [0.5, 0.6) is 0 Å². The SMILES string of the molecule is CNC(CN(C)C1CC1)(C(=O)OC)c1ccccc1. The lowest BCUT2D eigenvalue weighted by molar-refractivity contribution is -0.149. The summed E-state index contributed by atoms with van der Waals surface area (Å²) in [5.74, 6) is -0.242. The fraction of sp³-hybridized carbons (Fsp3) is 0.533. The molecule has 0 saturated heterocycles. The number of nitrogens with one attached hydrogen (secondary N) is 1. The van der Waals surface area contributed by atoms with Gasteiger partial charge in [-0.1, -0.05) is 30.3 Å². The fourth-order valence-electron chi connectivity index (χ4n) is 2.51. The van der Waals surface area contributed by atoms with Gasteiger partial charge in [0, 0.05) is 12.6 Å². The third kappa shape index (κ3) is 2.80. The number of likely N-dealkylation sites (N-methyl/N-ethyl adjacent to an activating group) is 2. The Hall–Kier alpha value is -1.39. The summed E-state index contributed by atoms with van der Waals surface area (Å²) < 4.78 is 5.03. The van der Waals surface area contributed by atoms with E-state index in [1.807, 2.05) is 37.4 Å². The number of methoxy groups -OCH3 is 1. The molecule has 1 unspecified atom stereocenters. The summed E-state index contributed by atoms with van der Waals surface area (Å²) >= 11 is 0.